The molecule has 0 spiro atoms. The van der Waals surface area contributed by atoms with Crippen molar-refractivity contribution < 1.29 is 4.79 Å². The number of anilines is 1. The van der Waals surface area contributed by atoms with Crippen molar-refractivity contribution >= 4 is 28.8 Å². The summed E-state index contributed by atoms with van der Waals surface area (Å²) in [5, 5.41) is 2.74. The second-order valence-electron chi connectivity index (χ2n) is 3.61. The SMILES string of the molecule is NC(=S)c1cccc(NC(=O)c2ccccn2)c1. The van der Waals surface area contributed by atoms with Crippen molar-refractivity contribution in [3.05, 3.63) is 59.9 Å². The zero-order valence-electron chi connectivity index (χ0n) is 9.46. The standard InChI is InChI=1S/C13H11N3OS/c14-12(18)9-4-3-5-10(8-9)16-13(17)11-6-1-2-7-15-11/h1-8H,(H2,14,18)(H,16,17). The zero-order valence-corrected chi connectivity index (χ0v) is 10.3. The molecule has 0 fully saturated rings. The third-order valence-corrected chi connectivity index (χ3v) is 2.54. The van der Waals surface area contributed by atoms with E-state index in [9.17, 15) is 4.79 Å². The fourth-order valence-corrected chi connectivity index (χ4v) is 1.57. The van der Waals surface area contributed by atoms with Gasteiger partial charge in [0.1, 0.15) is 10.7 Å². The molecule has 0 unspecified atom stereocenters. The van der Waals surface area contributed by atoms with Crippen molar-refractivity contribution in [1.29, 1.82) is 0 Å². The molecule has 0 aliphatic carbocycles. The lowest BCUT2D eigenvalue weighted by atomic mass is 10.2. The Morgan fingerprint density at radius 1 is 1.22 bits per heavy atom. The molecule has 1 amide bonds. The van der Waals surface area contributed by atoms with Crippen LogP contribution in [0.25, 0.3) is 0 Å². The molecular weight excluding hydrogens is 246 g/mol. The van der Waals surface area contributed by atoms with Gasteiger partial charge in [-0.2, -0.15) is 0 Å². The van der Waals surface area contributed by atoms with E-state index in [4.69, 9.17) is 18.0 Å². The Labute approximate surface area is 110 Å². The third-order valence-electron chi connectivity index (χ3n) is 2.30. The number of nitrogens with two attached hydrogens (primary N) is 1. The van der Waals surface area contributed by atoms with Gasteiger partial charge in [-0.15, -0.1) is 0 Å². The molecule has 0 saturated carbocycles. The highest BCUT2D eigenvalue weighted by Crippen LogP contribution is 2.11. The van der Waals surface area contributed by atoms with Crippen LogP contribution in [0.4, 0.5) is 5.69 Å². The fraction of sp³-hybridized carbons (Fsp3) is 0. The maximum atomic E-state index is 11.9. The lowest BCUT2D eigenvalue weighted by Gasteiger charge is -2.06. The molecule has 0 aliphatic rings. The van der Waals surface area contributed by atoms with Gasteiger partial charge in [-0.05, 0) is 24.3 Å². The van der Waals surface area contributed by atoms with E-state index >= 15 is 0 Å². The highest BCUT2D eigenvalue weighted by atomic mass is 32.1. The number of aromatic nitrogens is 1. The molecule has 0 radical (unpaired) electrons. The number of carbonyl (C=O) groups is 1. The number of rotatable bonds is 3. The van der Waals surface area contributed by atoms with Crippen LogP contribution < -0.4 is 11.1 Å². The van der Waals surface area contributed by atoms with Gasteiger partial charge in [0.05, 0.1) is 0 Å². The van der Waals surface area contributed by atoms with Crippen LogP contribution in [-0.4, -0.2) is 15.9 Å². The van der Waals surface area contributed by atoms with Crippen molar-refractivity contribution in [2.45, 2.75) is 0 Å². The molecule has 0 atom stereocenters. The van der Waals surface area contributed by atoms with Gasteiger partial charge in [-0.1, -0.05) is 30.4 Å². The maximum absolute atomic E-state index is 11.9. The van der Waals surface area contributed by atoms with Crippen LogP contribution in [0.3, 0.4) is 0 Å². The largest absolute Gasteiger partial charge is 0.389 e. The Kier molecular flexibility index (Phi) is 3.64. The minimum absolute atomic E-state index is 0.268. The van der Waals surface area contributed by atoms with E-state index < -0.39 is 0 Å². The Bertz CT molecular complexity index is 584. The van der Waals surface area contributed by atoms with Gasteiger partial charge in [-0.3, -0.25) is 9.78 Å². The number of amides is 1. The number of nitrogens with zero attached hydrogens (tertiary/aromatic N) is 1. The molecule has 5 heteroatoms. The quantitative estimate of drug-likeness (QED) is 0.825. The van der Waals surface area contributed by atoms with E-state index in [1.807, 2.05) is 0 Å². The number of nitrogens with one attached hydrogen (secondary N) is 1. The number of hydrogen-bond acceptors (Lipinski definition) is 3. The Hall–Kier alpha value is -2.27. The van der Waals surface area contributed by atoms with Crippen molar-refractivity contribution in [1.82, 2.24) is 4.98 Å². The first-order valence-corrected chi connectivity index (χ1v) is 5.70. The van der Waals surface area contributed by atoms with E-state index in [0.29, 0.717) is 21.9 Å². The summed E-state index contributed by atoms with van der Waals surface area (Å²) in [6, 6.07) is 12.2. The third kappa shape index (κ3) is 2.89. The highest BCUT2D eigenvalue weighted by Gasteiger charge is 2.07. The normalized spacial score (nSPS) is 9.78. The van der Waals surface area contributed by atoms with Crippen molar-refractivity contribution in [2.75, 3.05) is 5.32 Å². The minimum atomic E-state index is -0.268. The Morgan fingerprint density at radius 2 is 2.06 bits per heavy atom. The summed E-state index contributed by atoms with van der Waals surface area (Å²) in [5.41, 5.74) is 7.24. The van der Waals surface area contributed by atoms with E-state index in [1.54, 1.807) is 48.7 Å². The van der Waals surface area contributed by atoms with E-state index in [2.05, 4.69) is 10.3 Å². The molecule has 90 valence electrons. The first-order valence-electron chi connectivity index (χ1n) is 5.29. The summed E-state index contributed by atoms with van der Waals surface area (Å²) in [6.45, 7) is 0. The Balaban J connectivity index is 2.17. The first-order chi connectivity index (χ1) is 8.66. The van der Waals surface area contributed by atoms with Gasteiger partial charge < -0.3 is 11.1 Å². The van der Waals surface area contributed by atoms with Crippen molar-refractivity contribution in [3.63, 3.8) is 0 Å². The summed E-state index contributed by atoms with van der Waals surface area (Å²) >= 11 is 4.88. The molecule has 2 rings (SSSR count). The maximum Gasteiger partial charge on any atom is 0.274 e. The molecule has 1 heterocycles. The fourth-order valence-electron chi connectivity index (χ4n) is 1.44. The molecule has 1 aromatic heterocycles. The van der Waals surface area contributed by atoms with Crippen LogP contribution in [0.2, 0.25) is 0 Å². The van der Waals surface area contributed by atoms with Crippen LogP contribution >= 0.6 is 12.2 Å². The monoisotopic (exact) mass is 257 g/mol. The topological polar surface area (TPSA) is 68.0 Å². The van der Waals surface area contributed by atoms with Gasteiger partial charge in [0, 0.05) is 17.4 Å². The number of thiocarbonyl (C=S) groups is 1. The average Bonchev–Trinajstić information content (AvgIpc) is 2.40. The second-order valence-corrected chi connectivity index (χ2v) is 4.05. The molecule has 0 aliphatic heterocycles. The predicted molar refractivity (Wildman–Crippen MR) is 74.5 cm³/mol. The molecule has 2 aromatic rings. The lowest BCUT2D eigenvalue weighted by Crippen LogP contribution is -2.14. The molecular formula is C13H11N3OS. The van der Waals surface area contributed by atoms with Crippen LogP contribution in [-0.2, 0) is 0 Å². The summed E-state index contributed by atoms with van der Waals surface area (Å²) in [7, 11) is 0. The Morgan fingerprint density at radius 3 is 2.72 bits per heavy atom. The number of pyridine rings is 1. The number of benzene rings is 1. The molecule has 1 aromatic carbocycles. The zero-order chi connectivity index (χ0) is 13.0. The molecule has 0 bridgehead atoms. The summed E-state index contributed by atoms with van der Waals surface area (Å²) in [6.07, 6.45) is 1.57. The van der Waals surface area contributed by atoms with E-state index in [-0.39, 0.29) is 5.91 Å². The van der Waals surface area contributed by atoms with Crippen LogP contribution in [0, 0.1) is 0 Å². The second kappa shape index (κ2) is 5.37. The van der Waals surface area contributed by atoms with E-state index in [1.165, 1.54) is 0 Å². The summed E-state index contributed by atoms with van der Waals surface area (Å²) < 4.78 is 0. The van der Waals surface area contributed by atoms with Gasteiger partial charge in [0.25, 0.3) is 5.91 Å². The van der Waals surface area contributed by atoms with Crippen LogP contribution in [0.15, 0.2) is 48.7 Å². The summed E-state index contributed by atoms with van der Waals surface area (Å²) in [4.78, 5) is 16.1. The molecule has 3 N–H and O–H groups in total. The van der Waals surface area contributed by atoms with Crippen LogP contribution in [0.1, 0.15) is 16.1 Å². The van der Waals surface area contributed by atoms with Crippen molar-refractivity contribution in [3.8, 4) is 0 Å². The average molecular weight is 257 g/mol. The lowest BCUT2D eigenvalue weighted by molar-refractivity contribution is 0.102. The molecule has 0 saturated heterocycles. The summed E-state index contributed by atoms with van der Waals surface area (Å²) in [5.74, 6) is -0.268. The smallest absolute Gasteiger partial charge is 0.274 e. The minimum Gasteiger partial charge on any atom is -0.389 e. The molecule has 18 heavy (non-hydrogen) atoms. The van der Waals surface area contributed by atoms with E-state index in [0.717, 1.165) is 0 Å². The molecule has 4 nitrogen and oxygen atoms in total. The number of hydrogen-bond donors (Lipinski definition) is 2. The number of carbonyl (C=O) groups excluding carboxylic acids is 1. The van der Waals surface area contributed by atoms with Gasteiger partial charge >= 0.3 is 0 Å². The van der Waals surface area contributed by atoms with Crippen molar-refractivity contribution in [2.24, 2.45) is 5.73 Å². The predicted octanol–water partition coefficient (Wildman–Crippen LogP) is 1.97. The van der Waals surface area contributed by atoms with Gasteiger partial charge in [-0.25, -0.2) is 0 Å². The first kappa shape index (κ1) is 12.2. The van der Waals surface area contributed by atoms with Gasteiger partial charge in [0.2, 0.25) is 0 Å². The van der Waals surface area contributed by atoms with Gasteiger partial charge in [0.15, 0.2) is 0 Å². The highest BCUT2D eigenvalue weighted by molar-refractivity contribution is 7.80. The van der Waals surface area contributed by atoms with Crippen LogP contribution in [0.5, 0.6) is 0 Å².